The van der Waals surface area contributed by atoms with E-state index in [2.05, 4.69) is 4.98 Å². The molecule has 2 amide bonds. The molecule has 1 aliphatic rings. The molecule has 7 heteroatoms. The van der Waals surface area contributed by atoms with Crippen molar-refractivity contribution in [2.75, 3.05) is 13.7 Å². The van der Waals surface area contributed by atoms with Crippen molar-refractivity contribution in [1.29, 1.82) is 0 Å². The van der Waals surface area contributed by atoms with E-state index in [0.717, 1.165) is 28.5 Å². The molecule has 1 aromatic heterocycles. The zero-order chi connectivity index (χ0) is 22.3. The summed E-state index contributed by atoms with van der Waals surface area (Å²) >= 11 is 0.958. The third-order valence-electron chi connectivity index (χ3n) is 4.97. The maximum absolute atomic E-state index is 12.8. The van der Waals surface area contributed by atoms with E-state index in [0.29, 0.717) is 36.0 Å². The van der Waals surface area contributed by atoms with Gasteiger partial charge in [0.05, 0.1) is 12.0 Å². The fraction of sp³-hybridized carbons (Fsp3) is 0.160. The molecule has 0 atom stereocenters. The van der Waals surface area contributed by atoms with Crippen LogP contribution in [0.5, 0.6) is 11.5 Å². The van der Waals surface area contributed by atoms with E-state index in [1.807, 2.05) is 48.5 Å². The molecule has 32 heavy (non-hydrogen) atoms. The average molecular weight is 447 g/mol. The Morgan fingerprint density at radius 3 is 2.50 bits per heavy atom. The van der Waals surface area contributed by atoms with Gasteiger partial charge in [-0.15, -0.1) is 0 Å². The van der Waals surface area contributed by atoms with E-state index in [-0.39, 0.29) is 11.1 Å². The minimum absolute atomic E-state index is 0.249. The number of aromatic nitrogens is 1. The van der Waals surface area contributed by atoms with Gasteiger partial charge in [0.1, 0.15) is 6.61 Å². The van der Waals surface area contributed by atoms with Crippen LogP contribution < -0.4 is 9.47 Å². The van der Waals surface area contributed by atoms with E-state index in [4.69, 9.17) is 9.47 Å². The molecular formula is C25H22N2O4S. The van der Waals surface area contributed by atoms with Crippen LogP contribution in [0.4, 0.5) is 4.79 Å². The van der Waals surface area contributed by atoms with Gasteiger partial charge in [-0.05, 0) is 65.2 Å². The lowest BCUT2D eigenvalue weighted by molar-refractivity contribution is -0.122. The van der Waals surface area contributed by atoms with Gasteiger partial charge in [0, 0.05) is 18.9 Å². The molecule has 2 aromatic carbocycles. The van der Waals surface area contributed by atoms with Gasteiger partial charge in [0.2, 0.25) is 0 Å². The summed E-state index contributed by atoms with van der Waals surface area (Å²) in [6.07, 6.45) is 5.77. The van der Waals surface area contributed by atoms with Gasteiger partial charge in [-0.25, -0.2) is 0 Å². The number of imide groups is 1. The van der Waals surface area contributed by atoms with Crippen molar-refractivity contribution in [3.05, 3.63) is 94.7 Å². The normalized spacial score (nSPS) is 14.8. The smallest absolute Gasteiger partial charge is 0.293 e. The highest BCUT2D eigenvalue weighted by molar-refractivity contribution is 8.18. The predicted octanol–water partition coefficient (Wildman–Crippen LogP) is 4.95. The molecule has 1 fully saturated rings. The molecule has 0 radical (unpaired) electrons. The van der Waals surface area contributed by atoms with Crippen LogP contribution in [0, 0.1) is 0 Å². The number of amides is 2. The van der Waals surface area contributed by atoms with Gasteiger partial charge in [-0.3, -0.25) is 19.5 Å². The van der Waals surface area contributed by atoms with Gasteiger partial charge >= 0.3 is 0 Å². The third kappa shape index (κ3) is 5.18. The zero-order valence-electron chi connectivity index (χ0n) is 17.6. The van der Waals surface area contributed by atoms with E-state index in [1.54, 1.807) is 37.7 Å². The molecule has 1 aliphatic heterocycles. The Kier molecular flexibility index (Phi) is 6.87. The molecule has 0 unspecified atom stereocenters. The zero-order valence-corrected chi connectivity index (χ0v) is 18.4. The summed E-state index contributed by atoms with van der Waals surface area (Å²) in [5.74, 6) is 0.876. The Bertz CT molecular complexity index is 1130. The van der Waals surface area contributed by atoms with Crippen molar-refractivity contribution in [2.45, 2.75) is 13.0 Å². The SMILES string of the molecule is COc1cc(/C=C2/SC(=O)N(CCc3ccccc3)C2=O)ccc1OCc1ccncc1. The number of benzene rings is 2. The first-order chi connectivity index (χ1) is 15.6. The standard InChI is InChI=1S/C25H22N2O4S/c1-30-22-15-20(7-8-21(22)31-17-19-9-12-26-13-10-19)16-23-24(28)27(25(29)32-23)14-11-18-5-3-2-4-6-18/h2-10,12-13,15-16H,11,14,17H2,1H3/b23-16+. The van der Waals surface area contributed by atoms with Gasteiger partial charge < -0.3 is 9.47 Å². The van der Waals surface area contributed by atoms with Crippen molar-refractivity contribution < 1.29 is 19.1 Å². The summed E-state index contributed by atoms with van der Waals surface area (Å²) in [7, 11) is 1.57. The first-order valence-corrected chi connectivity index (χ1v) is 10.9. The van der Waals surface area contributed by atoms with Crippen LogP contribution in [0.3, 0.4) is 0 Å². The number of ether oxygens (including phenoxy) is 2. The molecule has 1 saturated heterocycles. The third-order valence-corrected chi connectivity index (χ3v) is 5.88. The predicted molar refractivity (Wildman–Crippen MR) is 124 cm³/mol. The number of carbonyl (C=O) groups is 2. The summed E-state index contributed by atoms with van der Waals surface area (Å²) in [4.78, 5) is 30.9. The number of hydrogen-bond donors (Lipinski definition) is 0. The van der Waals surface area contributed by atoms with Crippen LogP contribution >= 0.6 is 11.8 Å². The number of methoxy groups -OCH3 is 1. The lowest BCUT2D eigenvalue weighted by Crippen LogP contribution is -2.30. The maximum Gasteiger partial charge on any atom is 0.293 e. The van der Waals surface area contributed by atoms with Gasteiger partial charge in [0.25, 0.3) is 11.1 Å². The number of carbonyl (C=O) groups excluding carboxylic acids is 2. The summed E-state index contributed by atoms with van der Waals surface area (Å²) in [6, 6.07) is 19.0. The Morgan fingerprint density at radius 2 is 1.75 bits per heavy atom. The average Bonchev–Trinajstić information content (AvgIpc) is 3.10. The minimum atomic E-state index is -0.270. The Balaban J connectivity index is 1.44. The van der Waals surface area contributed by atoms with Crippen LogP contribution in [0.2, 0.25) is 0 Å². The van der Waals surface area contributed by atoms with E-state index >= 15 is 0 Å². The molecule has 2 heterocycles. The number of pyridine rings is 1. The second-order valence-electron chi connectivity index (χ2n) is 7.12. The highest BCUT2D eigenvalue weighted by Crippen LogP contribution is 2.34. The largest absolute Gasteiger partial charge is 0.493 e. The molecule has 0 N–H and O–H groups in total. The van der Waals surface area contributed by atoms with Crippen LogP contribution in [0.1, 0.15) is 16.7 Å². The fourth-order valence-corrected chi connectivity index (χ4v) is 4.13. The molecule has 0 bridgehead atoms. The van der Waals surface area contributed by atoms with Crippen molar-refractivity contribution in [3.63, 3.8) is 0 Å². The maximum atomic E-state index is 12.8. The number of thioether (sulfide) groups is 1. The van der Waals surface area contributed by atoms with Gasteiger partial charge in [-0.2, -0.15) is 0 Å². The van der Waals surface area contributed by atoms with Gasteiger partial charge in [0.15, 0.2) is 11.5 Å². The highest BCUT2D eigenvalue weighted by atomic mass is 32.2. The quantitative estimate of drug-likeness (QED) is 0.456. The molecule has 3 aromatic rings. The molecule has 6 nitrogen and oxygen atoms in total. The number of hydrogen-bond acceptors (Lipinski definition) is 6. The van der Waals surface area contributed by atoms with Crippen LogP contribution in [-0.2, 0) is 17.8 Å². The Hall–Kier alpha value is -3.58. The number of nitrogens with zero attached hydrogens (tertiary/aromatic N) is 2. The Morgan fingerprint density at radius 1 is 0.969 bits per heavy atom. The van der Waals surface area contributed by atoms with Crippen LogP contribution in [-0.4, -0.2) is 34.7 Å². The van der Waals surface area contributed by atoms with Crippen molar-refractivity contribution in [3.8, 4) is 11.5 Å². The molecule has 4 rings (SSSR count). The van der Waals surface area contributed by atoms with Crippen LogP contribution in [0.25, 0.3) is 6.08 Å². The van der Waals surface area contributed by atoms with Crippen molar-refractivity contribution in [2.24, 2.45) is 0 Å². The summed E-state index contributed by atoms with van der Waals surface area (Å²) < 4.78 is 11.3. The first kappa shape index (κ1) is 21.6. The Labute approximate surface area is 190 Å². The number of rotatable bonds is 8. The second kappa shape index (κ2) is 10.2. The van der Waals surface area contributed by atoms with Crippen LogP contribution in [0.15, 0.2) is 78.0 Å². The highest BCUT2D eigenvalue weighted by Gasteiger charge is 2.34. The summed E-state index contributed by atoms with van der Waals surface area (Å²) in [5.41, 5.74) is 2.84. The first-order valence-electron chi connectivity index (χ1n) is 10.1. The fourth-order valence-electron chi connectivity index (χ4n) is 3.26. The van der Waals surface area contributed by atoms with Gasteiger partial charge in [-0.1, -0.05) is 36.4 Å². The van der Waals surface area contributed by atoms with E-state index in [1.165, 1.54) is 4.90 Å². The van der Waals surface area contributed by atoms with Crippen molar-refractivity contribution in [1.82, 2.24) is 9.88 Å². The minimum Gasteiger partial charge on any atom is -0.493 e. The lowest BCUT2D eigenvalue weighted by atomic mass is 10.1. The summed E-state index contributed by atoms with van der Waals surface area (Å²) in [5, 5.41) is -0.249. The molecule has 162 valence electrons. The molecular weight excluding hydrogens is 424 g/mol. The van der Waals surface area contributed by atoms with Crippen molar-refractivity contribution >= 4 is 29.0 Å². The topological polar surface area (TPSA) is 68.7 Å². The second-order valence-corrected chi connectivity index (χ2v) is 8.12. The molecule has 0 spiro atoms. The monoisotopic (exact) mass is 446 g/mol. The lowest BCUT2D eigenvalue weighted by Gasteiger charge is -2.12. The summed E-state index contributed by atoms with van der Waals surface area (Å²) in [6.45, 7) is 0.746. The van der Waals surface area contributed by atoms with E-state index < -0.39 is 0 Å². The van der Waals surface area contributed by atoms with E-state index in [9.17, 15) is 9.59 Å². The molecule has 0 saturated carbocycles. The molecule has 0 aliphatic carbocycles.